The minimum Gasteiger partial charge on any atom is -0.356 e. The van der Waals surface area contributed by atoms with Gasteiger partial charge in [-0.25, -0.2) is 0 Å². The largest absolute Gasteiger partial charge is 0.356 e. The summed E-state index contributed by atoms with van der Waals surface area (Å²) >= 11 is 0. The zero-order chi connectivity index (χ0) is 14.4. The first kappa shape index (κ1) is 18.8. The fraction of sp³-hybridized carbons (Fsp3) is 0.750. The van der Waals surface area contributed by atoms with Crippen LogP contribution in [0.3, 0.4) is 0 Å². The van der Waals surface area contributed by atoms with Gasteiger partial charge in [0.05, 0.1) is 0 Å². The van der Waals surface area contributed by atoms with Crippen LogP contribution in [0.15, 0.2) is 0 Å². The third-order valence-electron chi connectivity index (χ3n) is 1.76. The van der Waals surface area contributed by atoms with Crippen molar-refractivity contribution in [2.24, 2.45) is 0 Å². The second-order valence-corrected chi connectivity index (χ2v) is 3.39. The third-order valence-corrected chi connectivity index (χ3v) is 1.76. The molecule has 0 aliphatic rings. The molecule has 0 radical (unpaired) electrons. The van der Waals surface area contributed by atoms with Crippen LogP contribution < -0.4 is 16.0 Å². The predicted octanol–water partition coefficient (Wildman–Crippen LogP) is 0.181. The number of amides is 3. The van der Waals surface area contributed by atoms with Crippen LogP contribution in [0.1, 0.15) is 40.5 Å². The standard InChI is InChI=1S/C7H14N2O2.C5H11NO/c1-3-8-6(10)5-7(11)9-4-2;1-3-5(7)6-4-2/h3-5H2,1-2H3,(H,8,10)(H,9,11);3-4H2,1-2H3,(H,6,7). The molecular formula is C12H25N3O3. The van der Waals surface area contributed by atoms with Crippen molar-refractivity contribution in [3.8, 4) is 0 Å². The third kappa shape index (κ3) is 14.4. The second-order valence-electron chi connectivity index (χ2n) is 3.39. The predicted molar refractivity (Wildman–Crippen MR) is 71.0 cm³/mol. The summed E-state index contributed by atoms with van der Waals surface area (Å²) in [6, 6.07) is 0. The van der Waals surface area contributed by atoms with Crippen LogP contribution >= 0.6 is 0 Å². The van der Waals surface area contributed by atoms with Crippen molar-refractivity contribution in [2.45, 2.75) is 40.5 Å². The Labute approximate surface area is 109 Å². The molecule has 0 aromatic carbocycles. The van der Waals surface area contributed by atoms with E-state index in [0.717, 1.165) is 6.54 Å². The van der Waals surface area contributed by atoms with E-state index in [2.05, 4.69) is 16.0 Å². The molecule has 0 saturated carbocycles. The zero-order valence-electron chi connectivity index (χ0n) is 11.8. The van der Waals surface area contributed by atoms with Crippen LogP contribution in [0.25, 0.3) is 0 Å². The summed E-state index contributed by atoms with van der Waals surface area (Å²) in [6.07, 6.45) is 0.523. The minimum atomic E-state index is -0.224. The van der Waals surface area contributed by atoms with E-state index in [0.29, 0.717) is 19.5 Å². The molecule has 0 atom stereocenters. The van der Waals surface area contributed by atoms with Crippen molar-refractivity contribution < 1.29 is 14.4 Å². The van der Waals surface area contributed by atoms with Gasteiger partial charge in [0, 0.05) is 26.1 Å². The highest BCUT2D eigenvalue weighted by Crippen LogP contribution is 1.78. The Morgan fingerprint density at radius 3 is 1.22 bits per heavy atom. The van der Waals surface area contributed by atoms with Gasteiger partial charge >= 0.3 is 0 Å². The zero-order valence-corrected chi connectivity index (χ0v) is 11.8. The molecule has 0 fully saturated rings. The molecule has 3 amide bonds. The molecule has 0 aliphatic carbocycles. The molecular weight excluding hydrogens is 234 g/mol. The van der Waals surface area contributed by atoms with Crippen molar-refractivity contribution in [1.29, 1.82) is 0 Å². The molecule has 0 unspecified atom stereocenters. The fourth-order valence-electron chi connectivity index (χ4n) is 0.987. The molecule has 0 rings (SSSR count). The summed E-state index contributed by atoms with van der Waals surface area (Å²) in [4.78, 5) is 31.8. The topological polar surface area (TPSA) is 87.3 Å². The lowest BCUT2D eigenvalue weighted by atomic mass is 10.4. The molecule has 0 aromatic heterocycles. The van der Waals surface area contributed by atoms with Crippen LogP contribution in [0.5, 0.6) is 0 Å². The van der Waals surface area contributed by atoms with Crippen molar-refractivity contribution in [3.63, 3.8) is 0 Å². The Hall–Kier alpha value is -1.59. The first-order valence-corrected chi connectivity index (χ1v) is 6.31. The summed E-state index contributed by atoms with van der Waals surface area (Å²) in [7, 11) is 0. The summed E-state index contributed by atoms with van der Waals surface area (Å²) < 4.78 is 0. The smallest absolute Gasteiger partial charge is 0.229 e. The van der Waals surface area contributed by atoms with E-state index in [9.17, 15) is 14.4 Å². The van der Waals surface area contributed by atoms with Crippen LogP contribution in [0.2, 0.25) is 0 Å². The maximum absolute atomic E-state index is 10.8. The number of rotatable bonds is 6. The number of hydrogen-bond acceptors (Lipinski definition) is 3. The van der Waals surface area contributed by atoms with Gasteiger partial charge in [0.25, 0.3) is 0 Å². The molecule has 18 heavy (non-hydrogen) atoms. The summed E-state index contributed by atoms with van der Waals surface area (Å²) in [5, 5.41) is 7.73. The SMILES string of the molecule is CCNC(=O)CC.CCNC(=O)CC(=O)NCC. The van der Waals surface area contributed by atoms with Crippen molar-refractivity contribution >= 4 is 17.7 Å². The van der Waals surface area contributed by atoms with Gasteiger partial charge in [0.2, 0.25) is 17.7 Å². The highest BCUT2D eigenvalue weighted by atomic mass is 16.2. The van der Waals surface area contributed by atoms with E-state index >= 15 is 0 Å². The monoisotopic (exact) mass is 259 g/mol. The second kappa shape index (κ2) is 13.5. The number of carbonyl (C=O) groups excluding carboxylic acids is 3. The molecule has 0 heterocycles. The lowest BCUT2D eigenvalue weighted by Gasteiger charge is -2.01. The molecule has 0 saturated heterocycles. The molecule has 0 bridgehead atoms. The molecule has 6 nitrogen and oxygen atoms in total. The lowest BCUT2D eigenvalue weighted by Crippen LogP contribution is -2.31. The van der Waals surface area contributed by atoms with E-state index in [-0.39, 0.29) is 24.1 Å². The Balaban J connectivity index is 0. The van der Waals surface area contributed by atoms with Crippen molar-refractivity contribution in [3.05, 3.63) is 0 Å². The average molecular weight is 259 g/mol. The number of carbonyl (C=O) groups is 3. The van der Waals surface area contributed by atoms with Crippen molar-refractivity contribution in [2.75, 3.05) is 19.6 Å². The minimum absolute atomic E-state index is 0.0678. The van der Waals surface area contributed by atoms with E-state index in [1.165, 1.54) is 0 Å². The lowest BCUT2D eigenvalue weighted by molar-refractivity contribution is -0.129. The van der Waals surface area contributed by atoms with Crippen LogP contribution in [0, 0.1) is 0 Å². The maximum atomic E-state index is 10.8. The molecule has 0 aromatic rings. The Bertz CT molecular complexity index is 239. The quantitative estimate of drug-likeness (QED) is 0.595. The van der Waals surface area contributed by atoms with Gasteiger partial charge < -0.3 is 16.0 Å². The van der Waals surface area contributed by atoms with E-state index < -0.39 is 0 Å². The average Bonchev–Trinajstić information content (AvgIpc) is 2.30. The van der Waals surface area contributed by atoms with Crippen molar-refractivity contribution in [1.82, 2.24) is 16.0 Å². The first-order chi connectivity index (χ1) is 8.51. The van der Waals surface area contributed by atoms with Gasteiger partial charge in [-0.1, -0.05) is 6.92 Å². The van der Waals surface area contributed by atoms with Crippen LogP contribution in [0.4, 0.5) is 0 Å². The normalized spacial score (nSPS) is 8.67. The summed E-state index contributed by atoms with van der Waals surface area (Å²) in [5.41, 5.74) is 0. The highest BCUT2D eigenvalue weighted by molar-refractivity contribution is 5.96. The van der Waals surface area contributed by atoms with Gasteiger partial charge in [0.15, 0.2) is 0 Å². The molecule has 0 aliphatic heterocycles. The molecule has 6 heteroatoms. The van der Waals surface area contributed by atoms with E-state index in [4.69, 9.17) is 0 Å². The van der Waals surface area contributed by atoms with Gasteiger partial charge in [-0.3, -0.25) is 14.4 Å². The Morgan fingerprint density at radius 1 is 0.667 bits per heavy atom. The summed E-state index contributed by atoms with van der Waals surface area (Å²) in [6.45, 7) is 9.26. The Morgan fingerprint density at radius 2 is 1.00 bits per heavy atom. The van der Waals surface area contributed by atoms with E-state index in [1.54, 1.807) is 0 Å². The van der Waals surface area contributed by atoms with Gasteiger partial charge in [0.1, 0.15) is 6.42 Å². The highest BCUT2D eigenvalue weighted by Gasteiger charge is 2.05. The number of hydrogen-bond donors (Lipinski definition) is 3. The van der Waals surface area contributed by atoms with Crippen LogP contribution in [-0.4, -0.2) is 37.4 Å². The molecule has 3 N–H and O–H groups in total. The first-order valence-electron chi connectivity index (χ1n) is 6.31. The fourth-order valence-corrected chi connectivity index (χ4v) is 0.987. The number of nitrogens with one attached hydrogen (secondary N) is 3. The summed E-state index contributed by atoms with van der Waals surface area (Å²) in [5.74, 6) is -0.320. The molecule has 0 spiro atoms. The van der Waals surface area contributed by atoms with Crippen LogP contribution in [-0.2, 0) is 14.4 Å². The van der Waals surface area contributed by atoms with E-state index in [1.807, 2.05) is 27.7 Å². The van der Waals surface area contributed by atoms with Gasteiger partial charge in [-0.15, -0.1) is 0 Å². The van der Waals surface area contributed by atoms with Gasteiger partial charge in [-0.05, 0) is 20.8 Å². The maximum Gasteiger partial charge on any atom is 0.229 e. The van der Waals surface area contributed by atoms with Gasteiger partial charge in [-0.2, -0.15) is 0 Å². The molecule has 106 valence electrons. The Kier molecular flexibility index (Phi) is 14.0.